The molecule has 2 rings (SSSR count). The number of hydrogen-bond acceptors (Lipinski definition) is 4. The van der Waals surface area contributed by atoms with E-state index in [1.165, 1.54) is 6.33 Å². The summed E-state index contributed by atoms with van der Waals surface area (Å²) >= 11 is 3.67. The Bertz CT molecular complexity index is 540. The Hall–Kier alpha value is -1.36. The molecule has 1 atom stereocenters. The van der Waals surface area contributed by atoms with Gasteiger partial charge in [-0.05, 0) is 19.9 Å². The molecule has 0 aliphatic rings. The average molecular weight is 311 g/mol. The number of alkyl halides is 1. The van der Waals surface area contributed by atoms with Gasteiger partial charge < -0.3 is 9.15 Å². The van der Waals surface area contributed by atoms with E-state index >= 15 is 0 Å². The summed E-state index contributed by atoms with van der Waals surface area (Å²) in [6.07, 6.45) is 2.28. The number of aromatic nitrogens is 2. The van der Waals surface area contributed by atoms with Crippen molar-refractivity contribution >= 4 is 15.9 Å². The fraction of sp³-hybridized carbons (Fsp3) is 0.385. The molecule has 0 spiro atoms. The molecule has 0 radical (unpaired) electrons. The second kappa shape index (κ2) is 5.52. The van der Waals surface area contributed by atoms with Crippen LogP contribution in [0.3, 0.4) is 0 Å². The Morgan fingerprint density at radius 3 is 2.72 bits per heavy atom. The van der Waals surface area contributed by atoms with Gasteiger partial charge in [0.25, 0.3) is 0 Å². The number of ether oxygens (including phenoxy) is 1. The molecule has 0 aromatic carbocycles. The van der Waals surface area contributed by atoms with Crippen LogP contribution in [0.2, 0.25) is 0 Å². The quantitative estimate of drug-likeness (QED) is 0.812. The van der Waals surface area contributed by atoms with Crippen molar-refractivity contribution in [3.63, 3.8) is 0 Å². The average Bonchev–Trinajstić information content (AvgIpc) is 2.69. The van der Waals surface area contributed by atoms with Crippen molar-refractivity contribution in [2.45, 2.75) is 25.1 Å². The minimum absolute atomic E-state index is 0.176. The number of rotatable bonds is 4. The SMILES string of the molecule is COc1cc(CC(Br)c2cc(C)oc2C)ncn1. The van der Waals surface area contributed by atoms with Crippen LogP contribution in [0.25, 0.3) is 0 Å². The van der Waals surface area contributed by atoms with Crippen LogP contribution in [0.5, 0.6) is 5.88 Å². The van der Waals surface area contributed by atoms with Crippen molar-refractivity contribution in [1.82, 2.24) is 9.97 Å². The molecule has 2 aromatic heterocycles. The monoisotopic (exact) mass is 310 g/mol. The van der Waals surface area contributed by atoms with Crippen molar-refractivity contribution in [2.24, 2.45) is 0 Å². The fourth-order valence-electron chi connectivity index (χ4n) is 1.86. The van der Waals surface area contributed by atoms with Gasteiger partial charge in [0.1, 0.15) is 17.8 Å². The molecule has 18 heavy (non-hydrogen) atoms. The highest BCUT2D eigenvalue weighted by molar-refractivity contribution is 9.09. The third-order valence-electron chi connectivity index (χ3n) is 2.71. The molecule has 96 valence electrons. The van der Waals surface area contributed by atoms with E-state index in [9.17, 15) is 0 Å². The minimum Gasteiger partial charge on any atom is -0.481 e. The Morgan fingerprint density at radius 2 is 2.11 bits per heavy atom. The first-order valence-electron chi connectivity index (χ1n) is 5.66. The van der Waals surface area contributed by atoms with Crippen LogP contribution in [0.4, 0.5) is 0 Å². The van der Waals surface area contributed by atoms with Crippen LogP contribution in [0.15, 0.2) is 22.9 Å². The normalized spacial score (nSPS) is 12.4. The van der Waals surface area contributed by atoms with Crippen molar-refractivity contribution in [2.75, 3.05) is 7.11 Å². The molecule has 0 amide bonds. The van der Waals surface area contributed by atoms with E-state index in [1.807, 2.05) is 26.0 Å². The second-order valence-corrected chi connectivity index (χ2v) is 5.20. The third kappa shape index (κ3) is 2.90. The molecular weight excluding hydrogens is 296 g/mol. The molecule has 0 aliphatic carbocycles. The first kappa shape index (κ1) is 13.1. The summed E-state index contributed by atoms with van der Waals surface area (Å²) in [6.45, 7) is 3.92. The highest BCUT2D eigenvalue weighted by Crippen LogP contribution is 2.31. The standard InChI is InChI=1S/C13H15BrN2O2/c1-8-4-11(9(2)18-8)12(14)5-10-6-13(17-3)16-7-15-10/h4,6-7,12H,5H2,1-3H3. The summed E-state index contributed by atoms with van der Waals surface area (Å²) in [5, 5.41) is 0. The predicted octanol–water partition coefficient (Wildman–Crippen LogP) is 3.37. The largest absolute Gasteiger partial charge is 0.481 e. The molecule has 0 aliphatic heterocycles. The molecule has 0 bridgehead atoms. The number of hydrogen-bond donors (Lipinski definition) is 0. The Kier molecular flexibility index (Phi) is 4.01. The smallest absolute Gasteiger partial charge is 0.216 e. The van der Waals surface area contributed by atoms with Crippen LogP contribution in [-0.4, -0.2) is 17.1 Å². The fourth-order valence-corrected chi connectivity index (χ4v) is 2.64. The Balaban J connectivity index is 2.15. The summed E-state index contributed by atoms with van der Waals surface area (Å²) < 4.78 is 10.6. The summed E-state index contributed by atoms with van der Waals surface area (Å²) in [5.41, 5.74) is 2.09. The highest BCUT2D eigenvalue weighted by Gasteiger charge is 2.15. The highest BCUT2D eigenvalue weighted by atomic mass is 79.9. The van der Waals surface area contributed by atoms with Crippen molar-refractivity contribution < 1.29 is 9.15 Å². The van der Waals surface area contributed by atoms with Gasteiger partial charge in [0.15, 0.2) is 0 Å². The summed E-state index contributed by atoms with van der Waals surface area (Å²) in [6, 6.07) is 3.89. The Labute approximate surface area is 115 Å². The first-order valence-corrected chi connectivity index (χ1v) is 6.57. The van der Waals surface area contributed by atoms with Crippen molar-refractivity contribution in [1.29, 1.82) is 0 Å². The maximum absolute atomic E-state index is 5.53. The lowest BCUT2D eigenvalue weighted by Crippen LogP contribution is -1.99. The van der Waals surface area contributed by atoms with E-state index in [1.54, 1.807) is 7.11 Å². The summed E-state index contributed by atoms with van der Waals surface area (Å²) in [4.78, 5) is 8.41. The molecule has 2 heterocycles. The Morgan fingerprint density at radius 1 is 1.33 bits per heavy atom. The molecule has 2 aromatic rings. The summed E-state index contributed by atoms with van der Waals surface area (Å²) in [7, 11) is 1.60. The van der Waals surface area contributed by atoms with Crippen LogP contribution in [0, 0.1) is 13.8 Å². The van der Waals surface area contributed by atoms with E-state index < -0.39 is 0 Å². The summed E-state index contributed by atoms with van der Waals surface area (Å²) in [5.74, 6) is 2.45. The van der Waals surface area contributed by atoms with Crippen LogP contribution in [-0.2, 0) is 6.42 Å². The zero-order valence-electron chi connectivity index (χ0n) is 10.6. The lowest BCUT2D eigenvalue weighted by atomic mass is 10.1. The van der Waals surface area contributed by atoms with E-state index in [0.29, 0.717) is 5.88 Å². The number of halogens is 1. The first-order chi connectivity index (χ1) is 8.60. The van der Waals surface area contributed by atoms with Gasteiger partial charge in [0, 0.05) is 28.6 Å². The van der Waals surface area contributed by atoms with Crippen molar-refractivity contribution in [3.05, 3.63) is 41.2 Å². The lowest BCUT2D eigenvalue weighted by Gasteiger charge is -2.08. The zero-order valence-corrected chi connectivity index (χ0v) is 12.2. The molecule has 0 saturated heterocycles. The molecular formula is C13H15BrN2O2. The molecule has 1 unspecified atom stereocenters. The van der Waals surface area contributed by atoms with Gasteiger partial charge in [-0.25, -0.2) is 9.97 Å². The maximum atomic E-state index is 5.53. The van der Waals surface area contributed by atoms with Gasteiger partial charge in [0.2, 0.25) is 5.88 Å². The van der Waals surface area contributed by atoms with E-state index in [-0.39, 0.29) is 4.83 Å². The number of aryl methyl sites for hydroxylation is 2. The lowest BCUT2D eigenvalue weighted by molar-refractivity contribution is 0.396. The minimum atomic E-state index is 0.176. The van der Waals surface area contributed by atoms with Crippen LogP contribution >= 0.6 is 15.9 Å². The van der Waals surface area contributed by atoms with Crippen LogP contribution < -0.4 is 4.74 Å². The molecule has 4 nitrogen and oxygen atoms in total. The maximum Gasteiger partial charge on any atom is 0.216 e. The molecule has 0 fully saturated rings. The third-order valence-corrected chi connectivity index (χ3v) is 3.53. The second-order valence-electron chi connectivity index (χ2n) is 4.09. The molecule has 0 N–H and O–H groups in total. The van der Waals surface area contributed by atoms with E-state index in [2.05, 4.69) is 25.9 Å². The van der Waals surface area contributed by atoms with Crippen molar-refractivity contribution in [3.8, 4) is 5.88 Å². The van der Waals surface area contributed by atoms with E-state index in [0.717, 1.165) is 29.2 Å². The van der Waals surface area contributed by atoms with Gasteiger partial charge in [-0.1, -0.05) is 15.9 Å². The number of nitrogens with zero attached hydrogens (tertiary/aromatic N) is 2. The van der Waals surface area contributed by atoms with E-state index in [4.69, 9.17) is 9.15 Å². The predicted molar refractivity (Wildman–Crippen MR) is 72.1 cm³/mol. The molecule has 0 saturated carbocycles. The number of methoxy groups -OCH3 is 1. The van der Waals surface area contributed by atoms with Gasteiger partial charge >= 0.3 is 0 Å². The van der Waals surface area contributed by atoms with Gasteiger partial charge in [0.05, 0.1) is 7.11 Å². The zero-order chi connectivity index (χ0) is 13.1. The number of furan rings is 1. The van der Waals surface area contributed by atoms with Gasteiger partial charge in [-0.15, -0.1) is 0 Å². The van der Waals surface area contributed by atoms with Gasteiger partial charge in [-0.3, -0.25) is 0 Å². The van der Waals surface area contributed by atoms with Crippen LogP contribution in [0.1, 0.15) is 27.6 Å². The topological polar surface area (TPSA) is 48.2 Å². The van der Waals surface area contributed by atoms with Gasteiger partial charge in [-0.2, -0.15) is 0 Å². The molecule has 5 heteroatoms.